The monoisotopic (exact) mass is 193 g/mol. The zero-order chi connectivity index (χ0) is 9.84. The molecule has 0 amide bonds. The molecule has 0 spiro atoms. The number of aliphatic hydroxyl groups is 1. The highest BCUT2D eigenvalue weighted by atomic mass is 35.5. The molecule has 1 N–H and O–H groups in total. The van der Waals surface area contributed by atoms with Crippen molar-refractivity contribution in [3.63, 3.8) is 0 Å². The summed E-state index contributed by atoms with van der Waals surface area (Å²) in [5, 5.41) is 18.5. The largest absolute Gasteiger partial charge is 0.511 e. The lowest BCUT2D eigenvalue weighted by Crippen LogP contribution is -1.85. The van der Waals surface area contributed by atoms with E-state index in [1.54, 1.807) is 24.3 Å². The van der Waals surface area contributed by atoms with Crippen LogP contribution in [0.25, 0.3) is 5.57 Å². The second-order valence-corrected chi connectivity index (χ2v) is 3.02. The standard InChI is InChI=1S/C10H8ClNO/c1-7(13)10(6-12)8-2-4-9(11)5-3-8/h2-5,13H,1H3/b10-7+. The Morgan fingerprint density at radius 2 is 1.92 bits per heavy atom. The van der Waals surface area contributed by atoms with Crippen LogP contribution in [-0.2, 0) is 0 Å². The lowest BCUT2D eigenvalue weighted by Gasteiger charge is -1.99. The van der Waals surface area contributed by atoms with Crippen molar-refractivity contribution in [3.05, 3.63) is 40.6 Å². The third-order valence-electron chi connectivity index (χ3n) is 1.61. The molecular formula is C10H8ClNO. The van der Waals surface area contributed by atoms with Gasteiger partial charge in [-0.25, -0.2) is 0 Å². The molecule has 1 rings (SSSR count). The Bertz CT molecular complexity index is 369. The van der Waals surface area contributed by atoms with E-state index in [9.17, 15) is 0 Å². The van der Waals surface area contributed by atoms with Crippen molar-refractivity contribution < 1.29 is 5.11 Å². The molecule has 0 atom stereocenters. The van der Waals surface area contributed by atoms with E-state index in [-0.39, 0.29) is 11.3 Å². The number of rotatable bonds is 1. The molecule has 0 bridgehead atoms. The molecule has 0 fully saturated rings. The Hall–Kier alpha value is -1.46. The maximum atomic E-state index is 9.16. The van der Waals surface area contributed by atoms with Crippen LogP contribution >= 0.6 is 11.6 Å². The molecule has 0 heterocycles. The Kier molecular flexibility index (Phi) is 2.94. The third kappa shape index (κ3) is 2.24. The van der Waals surface area contributed by atoms with Crippen molar-refractivity contribution in [3.8, 4) is 6.07 Å². The topological polar surface area (TPSA) is 44.0 Å². The smallest absolute Gasteiger partial charge is 0.107 e. The molecule has 0 aliphatic heterocycles. The Morgan fingerprint density at radius 1 is 1.38 bits per heavy atom. The van der Waals surface area contributed by atoms with Crippen molar-refractivity contribution in [1.29, 1.82) is 5.26 Å². The van der Waals surface area contributed by atoms with Crippen LogP contribution in [0.3, 0.4) is 0 Å². The van der Waals surface area contributed by atoms with Gasteiger partial charge < -0.3 is 5.11 Å². The number of aliphatic hydroxyl groups excluding tert-OH is 1. The summed E-state index contributed by atoms with van der Waals surface area (Å²) in [6.45, 7) is 1.48. The van der Waals surface area contributed by atoms with E-state index < -0.39 is 0 Å². The Balaban J connectivity index is 3.17. The fourth-order valence-electron chi connectivity index (χ4n) is 0.971. The second kappa shape index (κ2) is 3.97. The molecule has 0 aromatic heterocycles. The van der Waals surface area contributed by atoms with Gasteiger partial charge in [0.05, 0.1) is 5.57 Å². The summed E-state index contributed by atoms with van der Waals surface area (Å²) in [5.74, 6) is 0.0184. The first-order valence-electron chi connectivity index (χ1n) is 3.71. The van der Waals surface area contributed by atoms with Crippen molar-refractivity contribution in [2.75, 3.05) is 0 Å². The van der Waals surface area contributed by atoms with Crippen molar-refractivity contribution in [2.45, 2.75) is 6.92 Å². The summed E-state index contributed by atoms with van der Waals surface area (Å²) in [5.41, 5.74) is 0.948. The average Bonchev–Trinajstić information content (AvgIpc) is 2.09. The zero-order valence-corrected chi connectivity index (χ0v) is 7.84. The first kappa shape index (κ1) is 9.63. The molecule has 2 nitrogen and oxygen atoms in total. The van der Waals surface area contributed by atoms with Crippen LogP contribution in [0.2, 0.25) is 5.02 Å². The maximum absolute atomic E-state index is 9.16. The van der Waals surface area contributed by atoms with Crippen LogP contribution in [-0.4, -0.2) is 5.11 Å². The normalized spacial score (nSPS) is 11.8. The van der Waals surface area contributed by atoms with Gasteiger partial charge in [-0.05, 0) is 24.6 Å². The molecule has 0 aliphatic rings. The zero-order valence-electron chi connectivity index (χ0n) is 7.08. The summed E-state index contributed by atoms with van der Waals surface area (Å²) < 4.78 is 0. The number of nitriles is 1. The van der Waals surface area contributed by atoms with E-state index in [2.05, 4.69) is 0 Å². The molecule has 0 saturated heterocycles. The van der Waals surface area contributed by atoms with Gasteiger partial charge in [0.15, 0.2) is 0 Å². The minimum Gasteiger partial charge on any atom is -0.511 e. The fraction of sp³-hybridized carbons (Fsp3) is 0.100. The Morgan fingerprint density at radius 3 is 2.31 bits per heavy atom. The van der Waals surface area contributed by atoms with Gasteiger partial charge in [0.2, 0.25) is 0 Å². The number of benzene rings is 1. The van der Waals surface area contributed by atoms with E-state index in [0.29, 0.717) is 10.6 Å². The fourth-order valence-corrected chi connectivity index (χ4v) is 1.10. The van der Waals surface area contributed by atoms with Crippen molar-refractivity contribution >= 4 is 17.2 Å². The van der Waals surface area contributed by atoms with Gasteiger partial charge in [0, 0.05) is 5.02 Å². The lowest BCUT2D eigenvalue weighted by atomic mass is 10.1. The van der Waals surface area contributed by atoms with E-state index in [1.807, 2.05) is 6.07 Å². The predicted molar refractivity (Wildman–Crippen MR) is 52.3 cm³/mol. The highest BCUT2D eigenvalue weighted by molar-refractivity contribution is 6.30. The van der Waals surface area contributed by atoms with E-state index >= 15 is 0 Å². The molecule has 66 valence electrons. The third-order valence-corrected chi connectivity index (χ3v) is 1.86. The van der Waals surface area contributed by atoms with Gasteiger partial charge in [-0.1, -0.05) is 23.7 Å². The van der Waals surface area contributed by atoms with Crippen LogP contribution in [0.4, 0.5) is 0 Å². The number of halogens is 1. The van der Waals surface area contributed by atoms with Crippen LogP contribution in [0.5, 0.6) is 0 Å². The molecular weight excluding hydrogens is 186 g/mol. The first-order chi connectivity index (χ1) is 6.15. The van der Waals surface area contributed by atoms with Gasteiger partial charge in [0.25, 0.3) is 0 Å². The maximum Gasteiger partial charge on any atom is 0.107 e. The molecule has 0 radical (unpaired) electrons. The summed E-state index contributed by atoms with van der Waals surface area (Å²) >= 11 is 5.68. The summed E-state index contributed by atoms with van der Waals surface area (Å²) in [6, 6.07) is 8.67. The van der Waals surface area contributed by atoms with E-state index in [4.69, 9.17) is 22.0 Å². The summed E-state index contributed by atoms with van der Waals surface area (Å²) in [7, 11) is 0. The Labute approximate surface area is 81.7 Å². The number of nitrogens with zero attached hydrogens (tertiary/aromatic N) is 1. The predicted octanol–water partition coefficient (Wildman–Crippen LogP) is 3.15. The quantitative estimate of drug-likeness (QED) is 0.550. The van der Waals surface area contributed by atoms with Crippen molar-refractivity contribution in [1.82, 2.24) is 0 Å². The summed E-state index contributed by atoms with van der Waals surface area (Å²) in [6.07, 6.45) is 0. The minimum atomic E-state index is 0.0184. The van der Waals surface area contributed by atoms with Gasteiger partial charge >= 0.3 is 0 Å². The number of hydrogen-bond donors (Lipinski definition) is 1. The van der Waals surface area contributed by atoms with Crippen LogP contribution in [0.15, 0.2) is 30.0 Å². The van der Waals surface area contributed by atoms with Gasteiger partial charge in [-0.3, -0.25) is 0 Å². The van der Waals surface area contributed by atoms with Crippen LogP contribution in [0, 0.1) is 11.3 Å². The van der Waals surface area contributed by atoms with Gasteiger partial charge in [-0.2, -0.15) is 5.26 Å². The highest BCUT2D eigenvalue weighted by Crippen LogP contribution is 2.18. The molecule has 13 heavy (non-hydrogen) atoms. The lowest BCUT2D eigenvalue weighted by molar-refractivity contribution is 0.418. The van der Waals surface area contributed by atoms with E-state index in [0.717, 1.165) is 0 Å². The SMILES string of the molecule is C/C(O)=C(/C#N)c1ccc(Cl)cc1. The van der Waals surface area contributed by atoms with Crippen LogP contribution < -0.4 is 0 Å². The molecule has 3 heteroatoms. The molecule has 0 aliphatic carbocycles. The molecule has 1 aromatic carbocycles. The highest BCUT2D eigenvalue weighted by Gasteiger charge is 2.03. The first-order valence-corrected chi connectivity index (χ1v) is 4.09. The second-order valence-electron chi connectivity index (χ2n) is 2.58. The van der Waals surface area contributed by atoms with E-state index in [1.165, 1.54) is 6.92 Å². The average molecular weight is 194 g/mol. The van der Waals surface area contributed by atoms with Crippen molar-refractivity contribution in [2.24, 2.45) is 0 Å². The van der Waals surface area contributed by atoms with Crippen LogP contribution in [0.1, 0.15) is 12.5 Å². The summed E-state index contributed by atoms with van der Waals surface area (Å²) in [4.78, 5) is 0. The van der Waals surface area contributed by atoms with Gasteiger partial charge in [0.1, 0.15) is 11.8 Å². The van der Waals surface area contributed by atoms with Gasteiger partial charge in [-0.15, -0.1) is 0 Å². The molecule has 0 saturated carbocycles. The molecule has 0 unspecified atom stereocenters. The number of allylic oxidation sites excluding steroid dienone is 2. The molecule has 1 aromatic rings. The number of hydrogen-bond acceptors (Lipinski definition) is 2. The minimum absolute atomic E-state index is 0.0184.